The number of anilines is 1. The first kappa shape index (κ1) is 14.9. The summed E-state index contributed by atoms with van der Waals surface area (Å²) >= 11 is 0. The number of rotatable bonds is 5. The molecule has 0 radical (unpaired) electrons. The molecule has 1 aliphatic rings. The van der Waals surface area contributed by atoms with Gasteiger partial charge in [-0.1, -0.05) is 6.07 Å². The molecule has 1 saturated heterocycles. The van der Waals surface area contributed by atoms with Crippen molar-refractivity contribution in [1.29, 1.82) is 0 Å². The van der Waals surface area contributed by atoms with Crippen LogP contribution in [0.4, 0.5) is 10.1 Å². The van der Waals surface area contributed by atoms with Crippen molar-refractivity contribution >= 4 is 11.6 Å². The highest BCUT2D eigenvalue weighted by Crippen LogP contribution is 2.16. The number of hydrogen-bond donors (Lipinski definition) is 3. The molecule has 1 amide bonds. The zero-order chi connectivity index (χ0) is 14.4. The van der Waals surface area contributed by atoms with Gasteiger partial charge in [-0.3, -0.25) is 4.79 Å². The molecule has 0 spiro atoms. The molecule has 0 saturated carbocycles. The molecule has 1 unspecified atom stereocenters. The lowest BCUT2D eigenvalue weighted by atomic mass is 10.2. The monoisotopic (exact) mass is 281 g/mol. The van der Waals surface area contributed by atoms with E-state index in [-0.39, 0.29) is 24.4 Å². The van der Waals surface area contributed by atoms with Crippen LogP contribution in [0.3, 0.4) is 0 Å². The lowest BCUT2D eigenvalue weighted by Crippen LogP contribution is -2.45. The molecule has 1 heterocycles. The molecule has 3 N–H and O–H groups in total. The van der Waals surface area contributed by atoms with Gasteiger partial charge in [0, 0.05) is 30.9 Å². The fourth-order valence-electron chi connectivity index (χ4n) is 2.03. The van der Waals surface area contributed by atoms with Gasteiger partial charge in [-0.25, -0.2) is 4.39 Å². The Morgan fingerprint density at radius 2 is 2.40 bits per heavy atom. The average molecular weight is 281 g/mol. The standard InChI is InChI=1S/C14H20FN3O2/c1-10-12(15)3-2-4-13(10)18-14(19)9-17-8-11-7-16-5-6-20-11/h2-4,11,16-17H,5-9H2,1H3,(H,18,19). The zero-order valence-corrected chi connectivity index (χ0v) is 11.5. The summed E-state index contributed by atoms with van der Waals surface area (Å²) in [5.41, 5.74) is 0.952. The minimum absolute atomic E-state index is 0.0902. The predicted molar refractivity (Wildman–Crippen MR) is 75.2 cm³/mol. The van der Waals surface area contributed by atoms with Crippen LogP contribution in [0.2, 0.25) is 0 Å². The Morgan fingerprint density at radius 1 is 1.55 bits per heavy atom. The first-order valence-electron chi connectivity index (χ1n) is 6.75. The highest BCUT2D eigenvalue weighted by molar-refractivity contribution is 5.92. The van der Waals surface area contributed by atoms with Crippen LogP contribution in [0.25, 0.3) is 0 Å². The van der Waals surface area contributed by atoms with Crippen molar-refractivity contribution in [3.63, 3.8) is 0 Å². The lowest BCUT2D eigenvalue weighted by Gasteiger charge is -2.23. The van der Waals surface area contributed by atoms with Crippen molar-refractivity contribution in [2.24, 2.45) is 0 Å². The summed E-state index contributed by atoms with van der Waals surface area (Å²) in [5.74, 6) is -0.514. The van der Waals surface area contributed by atoms with Crippen LogP contribution in [-0.2, 0) is 9.53 Å². The van der Waals surface area contributed by atoms with Crippen LogP contribution in [0, 0.1) is 12.7 Å². The van der Waals surface area contributed by atoms with Crippen molar-refractivity contribution in [3.05, 3.63) is 29.6 Å². The first-order chi connectivity index (χ1) is 9.66. The molecule has 1 aromatic carbocycles. The van der Waals surface area contributed by atoms with E-state index in [1.807, 2.05) is 0 Å². The number of halogens is 1. The van der Waals surface area contributed by atoms with Crippen LogP contribution in [-0.4, -0.2) is 44.8 Å². The van der Waals surface area contributed by atoms with Gasteiger partial charge >= 0.3 is 0 Å². The van der Waals surface area contributed by atoms with E-state index in [9.17, 15) is 9.18 Å². The maximum absolute atomic E-state index is 13.3. The van der Waals surface area contributed by atoms with Gasteiger partial charge in [-0.05, 0) is 19.1 Å². The van der Waals surface area contributed by atoms with Gasteiger partial charge in [-0.2, -0.15) is 0 Å². The normalized spacial score (nSPS) is 18.8. The number of amides is 1. The third-order valence-corrected chi connectivity index (χ3v) is 3.20. The molecule has 20 heavy (non-hydrogen) atoms. The van der Waals surface area contributed by atoms with E-state index in [4.69, 9.17) is 4.74 Å². The van der Waals surface area contributed by atoms with Gasteiger partial charge in [0.2, 0.25) is 5.91 Å². The van der Waals surface area contributed by atoms with Crippen LogP contribution in [0.15, 0.2) is 18.2 Å². The number of carbonyl (C=O) groups is 1. The summed E-state index contributed by atoms with van der Waals surface area (Å²) in [5, 5.41) is 8.95. The Morgan fingerprint density at radius 3 is 3.15 bits per heavy atom. The second-order valence-electron chi connectivity index (χ2n) is 4.79. The topological polar surface area (TPSA) is 62.4 Å². The number of nitrogens with one attached hydrogen (secondary N) is 3. The van der Waals surface area contributed by atoms with E-state index in [1.165, 1.54) is 6.07 Å². The molecule has 1 atom stereocenters. The Kier molecular flexibility index (Phi) is 5.46. The Balaban J connectivity index is 1.73. The summed E-state index contributed by atoms with van der Waals surface area (Å²) in [4.78, 5) is 11.8. The molecule has 0 aliphatic carbocycles. The van der Waals surface area contributed by atoms with E-state index in [1.54, 1.807) is 19.1 Å². The molecular formula is C14H20FN3O2. The number of hydrogen-bond acceptors (Lipinski definition) is 4. The fraction of sp³-hybridized carbons (Fsp3) is 0.500. The molecule has 110 valence electrons. The van der Waals surface area contributed by atoms with Gasteiger partial charge in [0.05, 0.1) is 19.3 Å². The predicted octanol–water partition coefficient (Wildman–Crippen LogP) is 0.651. The molecular weight excluding hydrogens is 261 g/mol. The number of morpholine rings is 1. The first-order valence-corrected chi connectivity index (χ1v) is 6.75. The molecule has 6 heteroatoms. The fourth-order valence-corrected chi connectivity index (χ4v) is 2.03. The zero-order valence-electron chi connectivity index (χ0n) is 11.5. The minimum atomic E-state index is -0.322. The minimum Gasteiger partial charge on any atom is -0.374 e. The quantitative estimate of drug-likeness (QED) is 0.741. The van der Waals surface area contributed by atoms with Gasteiger partial charge in [0.1, 0.15) is 5.82 Å². The van der Waals surface area contributed by atoms with Crippen molar-refractivity contribution < 1.29 is 13.9 Å². The highest BCUT2D eigenvalue weighted by atomic mass is 19.1. The van der Waals surface area contributed by atoms with E-state index in [0.717, 1.165) is 13.1 Å². The van der Waals surface area contributed by atoms with E-state index in [0.29, 0.717) is 24.4 Å². The van der Waals surface area contributed by atoms with Crippen LogP contribution in [0.1, 0.15) is 5.56 Å². The van der Waals surface area contributed by atoms with E-state index in [2.05, 4.69) is 16.0 Å². The Labute approximate surface area is 117 Å². The van der Waals surface area contributed by atoms with Crippen molar-refractivity contribution in [1.82, 2.24) is 10.6 Å². The third kappa shape index (κ3) is 4.26. The highest BCUT2D eigenvalue weighted by Gasteiger charge is 2.13. The summed E-state index contributed by atoms with van der Waals surface area (Å²) in [6, 6.07) is 4.63. The summed E-state index contributed by atoms with van der Waals surface area (Å²) in [6.07, 6.45) is 0.0902. The lowest BCUT2D eigenvalue weighted by molar-refractivity contribution is -0.115. The summed E-state index contributed by atoms with van der Waals surface area (Å²) < 4.78 is 18.8. The summed E-state index contributed by atoms with van der Waals surface area (Å²) in [6.45, 7) is 4.78. The third-order valence-electron chi connectivity index (χ3n) is 3.20. The largest absolute Gasteiger partial charge is 0.374 e. The van der Waals surface area contributed by atoms with Gasteiger partial charge in [0.15, 0.2) is 0 Å². The second kappa shape index (κ2) is 7.33. The van der Waals surface area contributed by atoms with Crippen LogP contribution < -0.4 is 16.0 Å². The Hall–Kier alpha value is -1.50. The summed E-state index contributed by atoms with van der Waals surface area (Å²) in [7, 11) is 0. The average Bonchev–Trinajstić information content (AvgIpc) is 2.45. The van der Waals surface area contributed by atoms with Crippen molar-refractivity contribution in [2.75, 3.05) is 38.1 Å². The van der Waals surface area contributed by atoms with Crippen molar-refractivity contribution in [2.45, 2.75) is 13.0 Å². The molecule has 0 aromatic heterocycles. The van der Waals surface area contributed by atoms with Crippen LogP contribution >= 0.6 is 0 Å². The molecule has 5 nitrogen and oxygen atoms in total. The van der Waals surface area contributed by atoms with E-state index >= 15 is 0 Å². The molecule has 1 aromatic rings. The molecule has 1 fully saturated rings. The SMILES string of the molecule is Cc1c(F)cccc1NC(=O)CNCC1CNCCO1. The number of ether oxygens (including phenoxy) is 1. The van der Waals surface area contributed by atoms with Gasteiger partial charge in [0.25, 0.3) is 0 Å². The molecule has 2 rings (SSSR count). The maximum Gasteiger partial charge on any atom is 0.238 e. The van der Waals surface area contributed by atoms with Crippen LogP contribution in [0.5, 0.6) is 0 Å². The molecule has 1 aliphatic heterocycles. The van der Waals surface area contributed by atoms with Gasteiger partial charge in [-0.15, -0.1) is 0 Å². The smallest absolute Gasteiger partial charge is 0.238 e. The molecule has 0 bridgehead atoms. The maximum atomic E-state index is 13.3. The Bertz CT molecular complexity index is 462. The number of carbonyl (C=O) groups excluding carboxylic acids is 1. The van der Waals surface area contributed by atoms with E-state index < -0.39 is 0 Å². The van der Waals surface area contributed by atoms with Gasteiger partial charge < -0.3 is 20.7 Å². The second-order valence-corrected chi connectivity index (χ2v) is 4.79. The van der Waals surface area contributed by atoms with Crippen molar-refractivity contribution in [3.8, 4) is 0 Å². The number of benzene rings is 1.